The number of thioether (sulfide) groups is 1. The first kappa shape index (κ1) is 17.1. The van der Waals surface area contributed by atoms with E-state index in [1.165, 1.54) is 11.8 Å². The second-order valence-electron chi connectivity index (χ2n) is 6.52. The maximum Gasteiger partial charge on any atom is 0.342 e. The first-order valence-corrected chi connectivity index (χ1v) is 9.04. The minimum absolute atomic E-state index is 0.0473. The smallest absolute Gasteiger partial charge is 0.342 e. The van der Waals surface area contributed by atoms with Crippen molar-refractivity contribution < 1.29 is 14.3 Å². The monoisotopic (exact) mass is 379 g/mol. The van der Waals surface area contributed by atoms with Gasteiger partial charge in [-0.25, -0.2) is 9.18 Å². The van der Waals surface area contributed by atoms with Crippen molar-refractivity contribution in [2.45, 2.75) is 29.8 Å². The van der Waals surface area contributed by atoms with Gasteiger partial charge in [0.25, 0.3) is 0 Å². The molecule has 8 nitrogen and oxygen atoms in total. The molecule has 1 aromatic heterocycles. The van der Waals surface area contributed by atoms with Crippen LogP contribution in [0.15, 0.2) is 15.9 Å². The van der Waals surface area contributed by atoms with Crippen molar-refractivity contribution in [3.63, 3.8) is 0 Å². The van der Waals surface area contributed by atoms with Crippen LogP contribution in [0, 0.1) is 5.82 Å². The predicted molar refractivity (Wildman–Crippen MR) is 98.3 cm³/mol. The highest BCUT2D eigenvalue weighted by Gasteiger charge is 2.35. The number of fused-ring (bicyclic) bond motifs is 3. The molecule has 10 heteroatoms. The summed E-state index contributed by atoms with van der Waals surface area (Å²) in [4.78, 5) is 26.2. The van der Waals surface area contributed by atoms with Gasteiger partial charge in [-0.3, -0.25) is 10.6 Å². The molecule has 0 spiro atoms. The molecule has 4 rings (SSSR count). The fraction of sp³-hybridized carbons (Fsp3) is 0.375. The van der Waals surface area contributed by atoms with Crippen LogP contribution in [0.3, 0.4) is 0 Å². The summed E-state index contributed by atoms with van der Waals surface area (Å²) >= 11 is 1.30. The van der Waals surface area contributed by atoms with Gasteiger partial charge in [0.05, 0.1) is 27.0 Å². The number of aromatic carboxylic acids is 1. The topological polar surface area (TPSA) is 127 Å². The van der Waals surface area contributed by atoms with Crippen LogP contribution in [-0.4, -0.2) is 34.8 Å². The van der Waals surface area contributed by atoms with Crippen LogP contribution in [0.1, 0.15) is 29.1 Å². The number of nitrogens with zero attached hydrogens (tertiary/aromatic N) is 2. The summed E-state index contributed by atoms with van der Waals surface area (Å²) in [5.74, 6) is 3.50. The Labute approximate surface area is 151 Å². The van der Waals surface area contributed by atoms with Gasteiger partial charge in [0, 0.05) is 19.1 Å². The number of aromatic nitrogens is 1. The largest absolute Gasteiger partial charge is 0.477 e. The van der Waals surface area contributed by atoms with E-state index in [2.05, 4.69) is 5.43 Å². The average molecular weight is 379 g/mol. The van der Waals surface area contributed by atoms with Crippen LogP contribution in [0.2, 0.25) is 0 Å². The molecule has 2 aliphatic heterocycles. The van der Waals surface area contributed by atoms with Gasteiger partial charge in [0.1, 0.15) is 11.3 Å². The molecule has 2 atom stereocenters. The number of benzene rings is 1. The van der Waals surface area contributed by atoms with E-state index in [1.54, 1.807) is 10.6 Å². The number of nitrogen functional groups attached to an aromatic ring is 1. The Bertz CT molecular complexity index is 1010. The van der Waals surface area contributed by atoms with Gasteiger partial charge in [0.15, 0.2) is 5.82 Å². The number of pyridine rings is 1. The predicted octanol–water partition coefficient (Wildman–Crippen LogP) is 1.29. The van der Waals surface area contributed by atoms with Crippen molar-refractivity contribution in [1.82, 2.24) is 4.57 Å². The second kappa shape index (κ2) is 5.86. The number of carboxylic acid groups (broad SMARTS) is 1. The molecule has 0 radical (unpaired) electrons. The van der Waals surface area contributed by atoms with E-state index in [9.17, 15) is 14.7 Å². The third-order valence-electron chi connectivity index (χ3n) is 4.94. The Balaban J connectivity index is 2.09. The van der Waals surface area contributed by atoms with Crippen LogP contribution in [-0.2, 0) is 0 Å². The number of carbonyl (C=O) groups is 1. The summed E-state index contributed by atoms with van der Waals surface area (Å²) in [5, 5.41) is 9.70. The molecular weight excluding hydrogens is 361 g/mol. The van der Waals surface area contributed by atoms with Crippen molar-refractivity contribution in [3.05, 3.63) is 27.7 Å². The fourth-order valence-electron chi connectivity index (χ4n) is 3.70. The molecular formula is C16H18FN5O3S. The molecule has 1 fully saturated rings. The van der Waals surface area contributed by atoms with E-state index in [0.717, 1.165) is 6.42 Å². The van der Waals surface area contributed by atoms with Gasteiger partial charge in [-0.15, -0.1) is 0 Å². The lowest BCUT2D eigenvalue weighted by Gasteiger charge is -2.33. The number of anilines is 2. The SMILES string of the molecule is CC1Sc2c(C(=O)O)c(=O)c3c(NN)c(F)c(N4CCC(N)C4)cc3n21. The van der Waals surface area contributed by atoms with Crippen molar-refractivity contribution in [3.8, 4) is 0 Å². The van der Waals surface area contributed by atoms with Gasteiger partial charge in [-0.2, -0.15) is 0 Å². The molecule has 3 heterocycles. The number of nitrogens with two attached hydrogens (primary N) is 2. The van der Waals surface area contributed by atoms with Gasteiger partial charge < -0.3 is 25.7 Å². The molecule has 1 saturated heterocycles. The zero-order chi connectivity index (χ0) is 18.7. The molecule has 0 aliphatic carbocycles. The molecule has 2 aromatic rings. The first-order valence-electron chi connectivity index (χ1n) is 8.17. The Morgan fingerprint density at radius 2 is 2.23 bits per heavy atom. The highest BCUT2D eigenvalue weighted by atomic mass is 32.2. The Morgan fingerprint density at radius 3 is 2.77 bits per heavy atom. The van der Waals surface area contributed by atoms with Crippen molar-refractivity contribution in [1.29, 1.82) is 0 Å². The molecule has 0 bridgehead atoms. The molecule has 2 unspecified atom stereocenters. The number of hydrogen-bond donors (Lipinski definition) is 4. The maximum absolute atomic E-state index is 15.1. The number of halogens is 1. The van der Waals surface area contributed by atoms with Crippen LogP contribution < -0.4 is 27.3 Å². The summed E-state index contributed by atoms with van der Waals surface area (Å²) in [5.41, 5.74) is 7.68. The van der Waals surface area contributed by atoms with Gasteiger partial charge in [0.2, 0.25) is 5.43 Å². The third-order valence-corrected chi connectivity index (χ3v) is 6.12. The maximum atomic E-state index is 15.1. The number of carboxylic acids is 1. The molecule has 6 N–H and O–H groups in total. The summed E-state index contributed by atoms with van der Waals surface area (Å²) in [6.07, 6.45) is 0.741. The van der Waals surface area contributed by atoms with Gasteiger partial charge in [-0.05, 0) is 19.4 Å². The van der Waals surface area contributed by atoms with Crippen molar-refractivity contribution in [2.75, 3.05) is 23.4 Å². The number of hydrogen-bond acceptors (Lipinski definition) is 7. The van der Waals surface area contributed by atoms with Gasteiger partial charge >= 0.3 is 5.97 Å². The molecule has 26 heavy (non-hydrogen) atoms. The average Bonchev–Trinajstić information content (AvgIpc) is 3.00. The quantitative estimate of drug-likeness (QED) is 0.464. The summed E-state index contributed by atoms with van der Waals surface area (Å²) < 4.78 is 16.9. The second-order valence-corrected chi connectivity index (χ2v) is 7.82. The van der Waals surface area contributed by atoms with Crippen molar-refractivity contribution >= 4 is 40.0 Å². The lowest BCUT2D eigenvalue weighted by Crippen LogP contribution is -2.31. The molecule has 0 saturated carbocycles. The van der Waals surface area contributed by atoms with Crippen LogP contribution in [0.25, 0.3) is 10.9 Å². The Kier molecular flexibility index (Phi) is 3.86. The highest BCUT2D eigenvalue weighted by molar-refractivity contribution is 8.00. The van der Waals surface area contributed by atoms with E-state index < -0.39 is 17.2 Å². The minimum Gasteiger partial charge on any atom is -0.477 e. The van der Waals surface area contributed by atoms with Crippen LogP contribution in [0.4, 0.5) is 15.8 Å². The molecule has 1 aromatic carbocycles. The normalized spacial score (nSPS) is 21.6. The number of nitrogens with one attached hydrogen (secondary N) is 1. The van der Waals surface area contributed by atoms with Crippen LogP contribution >= 0.6 is 11.8 Å². The fourth-order valence-corrected chi connectivity index (χ4v) is 4.86. The molecule has 138 valence electrons. The van der Waals surface area contributed by atoms with E-state index >= 15 is 4.39 Å². The number of rotatable bonds is 3. The summed E-state index contributed by atoms with van der Waals surface area (Å²) in [7, 11) is 0. The van der Waals surface area contributed by atoms with Crippen molar-refractivity contribution in [2.24, 2.45) is 11.6 Å². The Morgan fingerprint density at radius 1 is 1.50 bits per heavy atom. The third kappa shape index (κ3) is 2.22. The zero-order valence-corrected chi connectivity index (χ0v) is 14.8. The van der Waals surface area contributed by atoms with E-state index in [-0.39, 0.29) is 28.1 Å². The Hall–Kier alpha value is -2.30. The minimum atomic E-state index is -1.34. The summed E-state index contributed by atoms with van der Waals surface area (Å²) in [6.45, 7) is 2.99. The standard InChI is InChI=1S/C16H18FN5O3S/c1-6-22-8-4-9(21-3-2-7(18)5-21)12(17)13(20-19)10(8)14(23)11(16(24)25)15(22)26-6/h4,6-7,20H,2-3,5,18-19H2,1H3,(H,24,25). The molecule has 2 aliphatic rings. The van der Waals surface area contributed by atoms with E-state index in [4.69, 9.17) is 11.6 Å². The van der Waals surface area contributed by atoms with Gasteiger partial charge in [-0.1, -0.05) is 11.8 Å². The van der Waals surface area contributed by atoms with E-state index in [0.29, 0.717) is 29.3 Å². The van der Waals surface area contributed by atoms with Crippen LogP contribution in [0.5, 0.6) is 0 Å². The highest BCUT2D eigenvalue weighted by Crippen LogP contribution is 2.48. The van der Waals surface area contributed by atoms with E-state index in [1.807, 2.05) is 11.8 Å². The molecule has 0 amide bonds. The zero-order valence-electron chi connectivity index (χ0n) is 14.0. The number of hydrazine groups is 1. The first-order chi connectivity index (χ1) is 12.3. The summed E-state index contributed by atoms with van der Waals surface area (Å²) in [6, 6.07) is 1.55. The lowest BCUT2D eigenvalue weighted by molar-refractivity contribution is 0.0689. The lowest BCUT2D eigenvalue weighted by atomic mass is 10.1.